The number of rotatable bonds is 4. The highest BCUT2D eigenvalue weighted by Gasteiger charge is 2.26. The van der Waals surface area contributed by atoms with Crippen molar-refractivity contribution in [3.8, 4) is 5.69 Å². The first-order valence-corrected chi connectivity index (χ1v) is 7.90. The molecule has 0 bridgehead atoms. The Balaban J connectivity index is 1.91. The maximum atomic E-state index is 6.43. The van der Waals surface area contributed by atoms with E-state index in [1.165, 1.54) is 24.1 Å². The Morgan fingerprint density at radius 1 is 1.29 bits per heavy atom. The second kappa shape index (κ2) is 5.47. The molecule has 0 unspecified atom stereocenters. The molecule has 0 saturated heterocycles. The summed E-state index contributed by atoms with van der Waals surface area (Å²) in [5.74, 6) is 0.657. The van der Waals surface area contributed by atoms with E-state index in [9.17, 15) is 0 Å². The zero-order chi connectivity index (χ0) is 15.0. The minimum atomic E-state index is 0.0723. The fourth-order valence-corrected chi connectivity index (χ4v) is 2.66. The third-order valence-corrected chi connectivity index (χ3v) is 4.02. The van der Waals surface area contributed by atoms with Crippen LogP contribution in [0.4, 0.5) is 0 Å². The number of halogens is 1. The second-order valence-corrected chi connectivity index (χ2v) is 7.22. The molecule has 1 aromatic carbocycles. The van der Waals surface area contributed by atoms with Gasteiger partial charge in [-0.2, -0.15) is 5.10 Å². The fraction of sp³-hybridized carbons (Fsp3) is 0.471. The minimum absolute atomic E-state index is 0.0723. The van der Waals surface area contributed by atoms with Crippen molar-refractivity contribution in [2.75, 3.05) is 0 Å². The average Bonchev–Trinajstić information content (AvgIpc) is 3.15. The van der Waals surface area contributed by atoms with E-state index in [1.54, 1.807) is 0 Å². The Labute approximate surface area is 131 Å². The van der Waals surface area contributed by atoms with Crippen molar-refractivity contribution >= 4 is 11.6 Å². The molecule has 1 saturated carbocycles. The molecule has 0 aliphatic heterocycles. The van der Waals surface area contributed by atoms with Crippen LogP contribution < -0.4 is 5.32 Å². The number of nitrogens with one attached hydrogen (secondary N) is 1. The molecule has 0 radical (unpaired) electrons. The van der Waals surface area contributed by atoms with Gasteiger partial charge in [0.1, 0.15) is 0 Å². The summed E-state index contributed by atoms with van der Waals surface area (Å²) < 4.78 is 1.93. The predicted molar refractivity (Wildman–Crippen MR) is 87.1 cm³/mol. The van der Waals surface area contributed by atoms with E-state index in [-0.39, 0.29) is 5.54 Å². The SMILES string of the molecule is CC(C)(C)NCc1cccc(Cl)c1-n1ccc(C2CC2)n1. The first-order chi connectivity index (χ1) is 9.94. The topological polar surface area (TPSA) is 29.9 Å². The number of aromatic nitrogens is 2. The Kier molecular flexibility index (Phi) is 3.80. The maximum absolute atomic E-state index is 6.43. The maximum Gasteiger partial charge on any atom is 0.0876 e. The van der Waals surface area contributed by atoms with Crippen molar-refractivity contribution in [2.24, 2.45) is 0 Å². The third kappa shape index (κ3) is 3.47. The van der Waals surface area contributed by atoms with Gasteiger partial charge >= 0.3 is 0 Å². The monoisotopic (exact) mass is 303 g/mol. The lowest BCUT2D eigenvalue weighted by Crippen LogP contribution is -2.35. The molecule has 1 fully saturated rings. The van der Waals surface area contributed by atoms with Gasteiger partial charge in [0.15, 0.2) is 0 Å². The molecule has 0 amide bonds. The van der Waals surface area contributed by atoms with E-state index < -0.39 is 0 Å². The predicted octanol–water partition coefficient (Wildman–Crippen LogP) is 4.29. The molecule has 2 aromatic rings. The van der Waals surface area contributed by atoms with Gasteiger partial charge in [-0.1, -0.05) is 23.7 Å². The van der Waals surface area contributed by atoms with Crippen molar-refractivity contribution in [3.05, 3.63) is 46.7 Å². The molecule has 3 nitrogen and oxygen atoms in total. The van der Waals surface area contributed by atoms with Crippen LogP contribution in [0, 0.1) is 0 Å². The Morgan fingerprint density at radius 3 is 2.71 bits per heavy atom. The number of nitrogens with zero attached hydrogens (tertiary/aromatic N) is 2. The van der Waals surface area contributed by atoms with Gasteiger partial charge in [0.25, 0.3) is 0 Å². The van der Waals surface area contributed by atoms with E-state index >= 15 is 0 Å². The zero-order valence-corrected chi connectivity index (χ0v) is 13.6. The molecule has 1 aromatic heterocycles. The largest absolute Gasteiger partial charge is 0.308 e. The summed E-state index contributed by atoms with van der Waals surface area (Å²) in [5, 5.41) is 8.97. The molecule has 1 N–H and O–H groups in total. The molecular weight excluding hydrogens is 282 g/mol. The molecule has 3 rings (SSSR count). The van der Waals surface area contributed by atoms with Gasteiger partial charge in [0.2, 0.25) is 0 Å². The van der Waals surface area contributed by atoms with Crippen molar-refractivity contribution in [1.29, 1.82) is 0 Å². The summed E-state index contributed by atoms with van der Waals surface area (Å²) in [7, 11) is 0. The van der Waals surface area contributed by atoms with Crippen LogP contribution in [0.15, 0.2) is 30.5 Å². The number of benzene rings is 1. The van der Waals surface area contributed by atoms with Gasteiger partial charge in [-0.25, -0.2) is 4.68 Å². The van der Waals surface area contributed by atoms with E-state index in [2.05, 4.69) is 38.2 Å². The molecule has 1 aliphatic rings. The van der Waals surface area contributed by atoms with Crippen LogP contribution in [-0.4, -0.2) is 15.3 Å². The van der Waals surface area contributed by atoms with Crippen LogP contribution in [0.1, 0.15) is 50.8 Å². The first-order valence-electron chi connectivity index (χ1n) is 7.52. The lowest BCUT2D eigenvalue weighted by Gasteiger charge is -2.22. The van der Waals surface area contributed by atoms with Crippen LogP contribution in [0.5, 0.6) is 0 Å². The Hall–Kier alpha value is -1.32. The van der Waals surface area contributed by atoms with Gasteiger partial charge < -0.3 is 5.32 Å². The second-order valence-electron chi connectivity index (χ2n) is 6.81. The van der Waals surface area contributed by atoms with E-state index in [0.717, 1.165) is 17.3 Å². The lowest BCUT2D eigenvalue weighted by molar-refractivity contribution is 0.424. The third-order valence-electron chi connectivity index (χ3n) is 3.71. The highest BCUT2D eigenvalue weighted by Crippen LogP contribution is 2.39. The van der Waals surface area contributed by atoms with Gasteiger partial charge in [0, 0.05) is 24.2 Å². The van der Waals surface area contributed by atoms with Gasteiger partial charge in [-0.3, -0.25) is 0 Å². The molecule has 112 valence electrons. The number of hydrogen-bond donors (Lipinski definition) is 1. The summed E-state index contributed by atoms with van der Waals surface area (Å²) in [5.41, 5.74) is 3.42. The normalized spacial score (nSPS) is 15.4. The van der Waals surface area contributed by atoms with E-state index in [1.807, 2.05) is 23.0 Å². The van der Waals surface area contributed by atoms with Crippen LogP contribution in [0.25, 0.3) is 5.69 Å². The molecule has 0 spiro atoms. The summed E-state index contributed by atoms with van der Waals surface area (Å²) in [6, 6.07) is 8.15. The summed E-state index contributed by atoms with van der Waals surface area (Å²) in [6.07, 6.45) is 4.55. The highest BCUT2D eigenvalue weighted by atomic mass is 35.5. The summed E-state index contributed by atoms with van der Waals surface area (Å²) in [4.78, 5) is 0. The first kappa shape index (κ1) is 14.6. The van der Waals surface area contributed by atoms with Gasteiger partial charge in [-0.15, -0.1) is 0 Å². The Bertz CT molecular complexity index is 636. The smallest absolute Gasteiger partial charge is 0.0876 e. The van der Waals surface area contributed by atoms with Crippen molar-refractivity contribution in [2.45, 2.75) is 51.6 Å². The molecule has 4 heteroatoms. The standard InChI is InChI=1S/C17H22ClN3/c1-17(2,3)19-11-13-5-4-6-14(18)16(13)21-10-9-15(20-21)12-7-8-12/h4-6,9-10,12,19H,7-8,11H2,1-3H3. The van der Waals surface area contributed by atoms with Gasteiger partial charge in [-0.05, 0) is 51.3 Å². The minimum Gasteiger partial charge on any atom is -0.308 e. The average molecular weight is 304 g/mol. The molecule has 1 heterocycles. The van der Waals surface area contributed by atoms with Crippen molar-refractivity contribution < 1.29 is 0 Å². The summed E-state index contributed by atoms with van der Waals surface area (Å²) >= 11 is 6.43. The van der Waals surface area contributed by atoms with E-state index in [0.29, 0.717) is 5.92 Å². The fourth-order valence-electron chi connectivity index (χ4n) is 2.38. The number of hydrogen-bond acceptors (Lipinski definition) is 2. The molecule has 21 heavy (non-hydrogen) atoms. The van der Waals surface area contributed by atoms with E-state index in [4.69, 9.17) is 16.7 Å². The molecule has 1 aliphatic carbocycles. The molecular formula is C17H22ClN3. The van der Waals surface area contributed by atoms with Gasteiger partial charge in [0.05, 0.1) is 16.4 Å². The van der Waals surface area contributed by atoms with Crippen LogP contribution in [0.2, 0.25) is 5.02 Å². The van der Waals surface area contributed by atoms with Crippen LogP contribution in [0.3, 0.4) is 0 Å². The lowest BCUT2D eigenvalue weighted by atomic mass is 10.1. The summed E-state index contributed by atoms with van der Waals surface area (Å²) in [6.45, 7) is 7.26. The van der Waals surface area contributed by atoms with Crippen molar-refractivity contribution in [1.82, 2.24) is 15.1 Å². The van der Waals surface area contributed by atoms with Crippen LogP contribution in [-0.2, 0) is 6.54 Å². The quantitative estimate of drug-likeness (QED) is 0.913. The molecule has 0 atom stereocenters. The highest BCUT2D eigenvalue weighted by molar-refractivity contribution is 6.32. The Morgan fingerprint density at radius 2 is 2.05 bits per heavy atom. The zero-order valence-electron chi connectivity index (χ0n) is 12.9. The number of para-hydroxylation sites is 1. The van der Waals surface area contributed by atoms with Crippen LogP contribution >= 0.6 is 11.6 Å². The van der Waals surface area contributed by atoms with Crippen molar-refractivity contribution in [3.63, 3.8) is 0 Å².